The van der Waals surface area contributed by atoms with Crippen molar-refractivity contribution in [2.75, 3.05) is 13.2 Å². The summed E-state index contributed by atoms with van der Waals surface area (Å²) in [5.74, 6) is 1.77. The molecule has 0 aliphatic rings. The fourth-order valence-corrected chi connectivity index (χ4v) is 0.493. The minimum atomic E-state index is -0.547. The third-order valence-electron chi connectivity index (χ3n) is 0.541. The van der Waals surface area contributed by atoms with Crippen LogP contribution in [0.4, 0.5) is 4.39 Å². The van der Waals surface area contributed by atoms with Crippen LogP contribution in [0.15, 0.2) is 0 Å². The van der Waals surface area contributed by atoms with Crippen molar-refractivity contribution in [3.8, 4) is 9.85 Å². The molecule has 2 nitrogen and oxygen atoms in total. The Hall–Kier alpha value is -0.310. The van der Waals surface area contributed by atoms with Crippen molar-refractivity contribution >= 4 is 28.5 Å². The summed E-state index contributed by atoms with van der Waals surface area (Å²) < 4.78 is 13.7. The largest absolute Gasteiger partial charge is 0.343 e. The number of amides is 1. The molecule has 0 aliphatic heterocycles. The lowest BCUT2D eigenvalue weighted by molar-refractivity contribution is -0.115. The van der Waals surface area contributed by atoms with Crippen LogP contribution in [-0.4, -0.2) is 19.1 Å². The number of hydrogen-bond donors (Lipinski definition) is 1. The van der Waals surface area contributed by atoms with Gasteiger partial charge in [-0.1, -0.05) is 0 Å². The molecule has 1 N–H and O–H groups in total. The van der Waals surface area contributed by atoms with Gasteiger partial charge in [0.25, 0.3) is 5.91 Å². The Kier molecular flexibility index (Phi) is 5.62. The summed E-state index contributed by atoms with van der Waals surface area (Å²) in [6.45, 7) is -0.501. The summed E-state index contributed by atoms with van der Waals surface area (Å²) in [5, 5.41) is 2.24. The van der Waals surface area contributed by atoms with Gasteiger partial charge in [-0.25, -0.2) is 4.39 Å². The highest BCUT2D eigenvalue weighted by Crippen LogP contribution is 1.71. The lowest BCUT2D eigenvalue weighted by atomic mass is 10.6. The second-order valence-electron chi connectivity index (χ2n) is 1.16. The van der Waals surface area contributed by atoms with E-state index in [0.717, 1.165) is 0 Å². The molecule has 0 heterocycles. The van der Waals surface area contributed by atoms with Gasteiger partial charge in [-0.15, -0.1) is 0 Å². The molecule has 0 unspecified atom stereocenters. The van der Waals surface area contributed by atoms with E-state index in [1.54, 1.807) is 22.6 Å². The molecule has 0 bridgehead atoms. The number of carbonyl (C=O) groups is 1. The minimum Gasteiger partial charge on any atom is -0.343 e. The molecule has 4 heteroatoms. The number of hydrogen-bond acceptors (Lipinski definition) is 1. The number of nitrogens with one attached hydrogen (secondary N) is 1. The molecule has 50 valence electrons. The Morgan fingerprint density at radius 1 is 1.78 bits per heavy atom. The zero-order chi connectivity index (χ0) is 7.11. The van der Waals surface area contributed by atoms with Crippen LogP contribution in [0.5, 0.6) is 0 Å². The summed E-state index contributed by atoms with van der Waals surface area (Å²) in [4.78, 5) is 10.3. The van der Waals surface area contributed by atoms with E-state index in [2.05, 4.69) is 15.2 Å². The van der Waals surface area contributed by atoms with Crippen molar-refractivity contribution in [3.05, 3.63) is 0 Å². The van der Waals surface area contributed by atoms with Gasteiger partial charge >= 0.3 is 0 Å². The van der Waals surface area contributed by atoms with Crippen molar-refractivity contribution in [2.24, 2.45) is 0 Å². The molecular weight excluding hydrogens is 236 g/mol. The first-order chi connectivity index (χ1) is 4.31. The molecule has 0 saturated carbocycles. The molecule has 0 radical (unpaired) electrons. The predicted molar refractivity (Wildman–Crippen MR) is 40.8 cm³/mol. The summed E-state index contributed by atoms with van der Waals surface area (Å²) in [7, 11) is 0. The van der Waals surface area contributed by atoms with Gasteiger partial charge in [0, 0.05) is 35.1 Å². The summed E-state index contributed by atoms with van der Waals surface area (Å²) in [6.07, 6.45) is 0. The van der Waals surface area contributed by atoms with Crippen molar-refractivity contribution in [1.82, 2.24) is 5.32 Å². The van der Waals surface area contributed by atoms with Crippen LogP contribution in [0.2, 0.25) is 0 Å². The standard InChI is InChI=1S/C5H5FINO/c6-2-4-8-5(9)1-3-7/h2,4H2,(H,8,9). The normalized spacial score (nSPS) is 7.33. The monoisotopic (exact) mass is 241 g/mol. The van der Waals surface area contributed by atoms with Crippen molar-refractivity contribution in [1.29, 1.82) is 0 Å². The molecular formula is C5H5FINO. The zero-order valence-corrected chi connectivity index (χ0v) is 6.74. The van der Waals surface area contributed by atoms with Gasteiger partial charge in [0.2, 0.25) is 0 Å². The van der Waals surface area contributed by atoms with Gasteiger partial charge in [-0.2, -0.15) is 0 Å². The molecule has 0 aromatic carbocycles. The van der Waals surface area contributed by atoms with E-state index in [-0.39, 0.29) is 6.54 Å². The fraction of sp³-hybridized carbons (Fsp3) is 0.400. The fourth-order valence-electron chi connectivity index (χ4n) is 0.248. The van der Waals surface area contributed by atoms with Gasteiger partial charge in [0.1, 0.15) is 6.67 Å². The summed E-state index contributed by atoms with van der Waals surface area (Å²) >= 11 is 1.74. The number of rotatable bonds is 2. The van der Waals surface area contributed by atoms with E-state index >= 15 is 0 Å². The van der Waals surface area contributed by atoms with E-state index in [9.17, 15) is 9.18 Å². The Morgan fingerprint density at radius 2 is 2.44 bits per heavy atom. The van der Waals surface area contributed by atoms with E-state index in [0.29, 0.717) is 0 Å². The Balaban J connectivity index is 3.35. The average molecular weight is 241 g/mol. The molecule has 0 aromatic rings. The van der Waals surface area contributed by atoms with E-state index < -0.39 is 12.6 Å². The van der Waals surface area contributed by atoms with Gasteiger partial charge in [0.15, 0.2) is 0 Å². The lowest BCUT2D eigenvalue weighted by Gasteiger charge is -1.91. The van der Waals surface area contributed by atoms with Gasteiger partial charge in [-0.3, -0.25) is 4.79 Å². The molecule has 0 fully saturated rings. The lowest BCUT2D eigenvalue weighted by Crippen LogP contribution is -2.23. The Labute approximate surface area is 66.3 Å². The second-order valence-corrected chi connectivity index (χ2v) is 1.70. The topological polar surface area (TPSA) is 29.1 Å². The SMILES string of the molecule is O=C(C#CI)NCCF. The van der Waals surface area contributed by atoms with Gasteiger partial charge in [0.05, 0.1) is 0 Å². The second kappa shape index (κ2) is 5.82. The molecule has 0 saturated heterocycles. The zero-order valence-electron chi connectivity index (χ0n) is 4.58. The van der Waals surface area contributed by atoms with Crippen LogP contribution in [0.3, 0.4) is 0 Å². The highest BCUT2D eigenvalue weighted by molar-refractivity contribution is 14.1. The maximum Gasteiger partial charge on any atom is 0.296 e. The number of carbonyl (C=O) groups excluding carboxylic acids is 1. The Bertz CT molecular complexity index is 149. The van der Waals surface area contributed by atoms with Crippen molar-refractivity contribution in [3.63, 3.8) is 0 Å². The van der Waals surface area contributed by atoms with Crippen LogP contribution >= 0.6 is 22.6 Å². The molecule has 1 amide bonds. The minimum absolute atomic E-state index is 0.0458. The summed E-state index contributed by atoms with van der Waals surface area (Å²) in [6, 6.07) is 0. The van der Waals surface area contributed by atoms with Gasteiger partial charge in [-0.05, 0) is 3.93 Å². The third kappa shape index (κ3) is 5.56. The van der Waals surface area contributed by atoms with Crippen LogP contribution in [-0.2, 0) is 4.79 Å². The Morgan fingerprint density at radius 3 is 2.89 bits per heavy atom. The highest BCUT2D eigenvalue weighted by Gasteiger charge is 1.90. The first kappa shape index (κ1) is 8.69. The van der Waals surface area contributed by atoms with Crippen LogP contribution in [0, 0.1) is 9.85 Å². The van der Waals surface area contributed by atoms with E-state index in [4.69, 9.17) is 0 Å². The number of alkyl halides is 1. The van der Waals surface area contributed by atoms with Crippen molar-refractivity contribution < 1.29 is 9.18 Å². The third-order valence-corrected chi connectivity index (χ3v) is 0.811. The predicted octanol–water partition coefficient (Wildman–Crippen LogP) is 0.468. The smallest absolute Gasteiger partial charge is 0.296 e. The van der Waals surface area contributed by atoms with Crippen molar-refractivity contribution in [2.45, 2.75) is 0 Å². The quantitative estimate of drug-likeness (QED) is 0.552. The molecule has 0 spiro atoms. The van der Waals surface area contributed by atoms with E-state index in [1.165, 1.54) is 0 Å². The molecule has 9 heavy (non-hydrogen) atoms. The summed E-state index contributed by atoms with van der Waals surface area (Å²) in [5.41, 5.74) is 0. The average Bonchev–Trinajstić information content (AvgIpc) is 1.85. The van der Waals surface area contributed by atoms with E-state index in [1.807, 2.05) is 0 Å². The van der Waals surface area contributed by atoms with Crippen LogP contribution in [0.1, 0.15) is 0 Å². The molecule has 0 aromatic heterocycles. The highest BCUT2D eigenvalue weighted by atomic mass is 127. The van der Waals surface area contributed by atoms with Crippen LogP contribution < -0.4 is 5.32 Å². The van der Waals surface area contributed by atoms with Crippen LogP contribution in [0.25, 0.3) is 0 Å². The maximum atomic E-state index is 11.3. The first-order valence-corrected chi connectivity index (χ1v) is 3.34. The molecule has 0 rings (SSSR count). The number of halogens is 2. The maximum absolute atomic E-state index is 11.3. The first-order valence-electron chi connectivity index (χ1n) is 2.26. The molecule has 0 atom stereocenters. The van der Waals surface area contributed by atoms with Gasteiger partial charge < -0.3 is 5.32 Å². The molecule has 0 aliphatic carbocycles.